The number of hydrogen-bond donors (Lipinski definition) is 0. The van der Waals surface area contributed by atoms with Crippen LogP contribution in [-0.4, -0.2) is 37.0 Å². The van der Waals surface area contributed by atoms with Gasteiger partial charge in [-0.05, 0) is 58.7 Å². The van der Waals surface area contributed by atoms with Gasteiger partial charge >= 0.3 is 5.97 Å². The summed E-state index contributed by atoms with van der Waals surface area (Å²) in [5, 5.41) is 0. The molecule has 2 rings (SSSR count). The van der Waals surface area contributed by atoms with E-state index in [2.05, 4.69) is 15.9 Å². The van der Waals surface area contributed by atoms with Gasteiger partial charge in [-0.3, -0.25) is 4.79 Å². The number of amides is 1. The highest BCUT2D eigenvalue weighted by Gasteiger charge is 2.18. The van der Waals surface area contributed by atoms with E-state index in [-0.39, 0.29) is 23.8 Å². The quantitative estimate of drug-likeness (QED) is 0.635. The molecule has 7 heteroatoms. The number of carbonyl (C=O) groups is 2. The third-order valence-electron chi connectivity index (χ3n) is 3.72. The average molecular weight is 424 g/mol. The van der Waals surface area contributed by atoms with Crippen molar-refractivity contribution in [1.29, 1.82) is 0 Å². The van der Waals surface area contributed by atoms with Crippen LogP contribution in [0.5, 0.6) is 5.75 Å². The Morgan fingerprint density at radius 1 is 1.19 bits per heavy atom. The van der Waals surface area contributed by atoms with Crippen molar-refractivity contribution in [3.63, 3.8) is 0 Å². The summed E-state index contributed by atoms with van der Waals surface area (Å²) in [6.45, 7) is 2.06. The zero-order valence-electron chi connectivity index (χ0n) is 14.5. The lowest BCUT2D eigenvalue weighted by molar-refractivity contribution is -0.134. The van der Waals surface area contributed by atoms with Gasteiger partial charge in [-0.25, -0.2) is 9.18 Å². The molecular weight excluding hydrogens is 405 g/mol. The number of benzene rings is 2. The van der Waals surface area contributed by atoms with E-state index in [1.165, 1.54) is 30.2 Å². The Balaban J connectivity index is 1.98. The molecule has 1 amide bonds. The summed E-state index contributed by atoms with van der Waals surface area (Å²) < 4.78 is 24.0. The van der Waals surface area contributed by atoms with Crippen LogP contribution in [0.15, 0.2) is 46.9 Å². The second-order valence-corrected chi connectivity index (χ2v) is 6.31. The summed E-state index contributed by atoms with van der Waals surface area (Å²) in [6, 6.07) is 10.9. The van der Waals surface area contributed by atoms with Crippen molar-refractivity contribution in [2.45, 2.75) is 13.5 Å². The minimum absolute atomic E-state index is 0.244. The fourth-order valence-corrected chi connectivity index (χ4v) is 2.72. The van der Waals surface area contributed by atoms with E-state index in [1.54, 1.807) is 31.2 Å². The number of rotatable bonds is 7. The first kappa shape index (κ1) is 19.9. The van der Waals surface area contributed by atoms with Gasteiger partial charge in [0.1, 0.15) is 11.6 Å². The molecule has 26 heavy (non-hydrogen) atoms. The zero-order valence-corrected chi connectivity index (χ0v) is 16.1. The molecule has 0 heterocycles. The Hall–Kier alpha value is -2.41. The van der Waals surface area contributed by atoms with Crippen molar-refractivity contribution in [1.82, 2.24) is 4.90 Å². The summed E-state index contributed by atoms with van der Waals surface area (Å²) >= 11 is 3.27. The molecule has 0 radical (unpaired) electrons. The molecule has 0 aromatic heterocycles. The third kappa shape index (κ3) is 5.29. The van der Waals surface area contributed by atoms with Crippen LogP contribution in [-0.2, 0) is 16.1 Å². The maximum Gasteiger partial charge on any atom is 0.339 e. The van der Waals surface area contributed by atoms with Gasteiger partial charge < -0.3 is 14.4 Å². The van der Waals surface area contributed by atoms with Crippen molar-refractivity contribution in [3.8, 4) is 5.75 Å². The molecule has 0 aliphatic heterocycles. The van der Waals surface area contributed by atoms with E-state index in [0.717, 1.165) is 0 Å². The summed E-state index contributed by atoms with van der Waals surface area (Å²) in [5.74, 6) is -0.844. The van der Waals surface area contributed by atoms with Crippen molar-refractivity contribution in [3.05, 3.63) is 63.9 Å². The van der Waals surface area contributed by atoms with Gasteiger partial charge in [-0.1, -0.05) is 12.1 Å². The van der Waals surface area contributed by atoms with Gasteiger partial charge in [0, 0.05) is 17.6 Å². The highest BCUT2D eigenvalue weighted by atomic mass is 79.9. The minimum atomic E-state index is -0.633. The summed E-state index contributed by atoms with van der Waals surface area (Å²) in [5.41, 5.74) is 0.937. The van der Waals surface area contributed by atoms with Crippen LogP contribution in [0, 0.1) is 5.82 Å². The Kier molecular flexibility index (Phi) is 7.15. The van der Waals surface area contributed by atoms with Gasteiger partial charge in [0.25, 0.3) is 5.91 Å². The average Bonchev–Trinajstić information content (AvgIpc) is 2.64. The molecule has 0 spiro atoms. The maximum absolute atomic E-state index is 13.3. The SMILES string of the molecule is CCN(Cc1cccc(F)c1)C(=O)COC(=O)c1cc(OC)ccc1Br. The number of hydrogen-bond acceptors (Lipinski definition) is 4. The third-order valence-corrected chi connectivity index (χ3v) is 4.41. The Morgan fingerprint density at radius 3 is 2.62 bits per heavy atom. The fraction of sp³-hybridized carbons (Fsp3) is 0.263. The van der Waals surface area contributed by atoms with Crippen molar-refractivity contribution in [2.24, 2.45) is 0 Å². The number of nitrogens with zero attached hydrogens (tertiary/aromatic N) is 1. The molecule has 138 valence electrons. The van der Waals surface area contributed by atoms with E-state index in [4.69, 9.17) is 9.47 Å². The second-order valence-electron chi connectivity index (χ2n) is 5.46. The molecule has 2 aromatic rings. The predicted octanol–water partition coefficient (Wildman–Crippen LogP) is 3.80. The highest BCUT2D eigenvalue weighted by Crippen LogP contribution is 2.23. The molecule has 0 N–H and O–H groups in total. The molecule has 0 aliphatic carbocycles. The standard InChI is InChI=1S/C19H19BrFNO4/c1-3-22(11-13-5-4-6-14(21)9-13)18(23)12-26-19(24)16-10-15(25-2)7-8-17(16)20/h4-10H,3,11-12H2,1-2H3. The van der Waals surface area contributed by atoms with Crippen LogP contribution in [0.1, 0.15) is 22.8 Å². The van der Waals surface area contributed by atoms with E-state index in [9.17, 15) is 14.0 Å². The highest BCUT2D eigenvalue weighted by molar-refractivity contribution is 9.10. The molecule has 0 saturated carbocycles. The lowest BCUT2D eigenvalue weighted by atomic mass is 10.2. The Labute approximate surface area is 159 Å². The first-order chi connectivity index (χ1) is 12.4. The van der Waals surface area contributed by atoms with Crippen molar-refractivity contribution >= 4 is 27.8 Å². The van der Waals surface area contributed by atoms with Crippen LogP contribution < -0.4 is 4.74 Å². The first-order valence-electron chi connectivity index (χ1n) is 7.97. The summed E-state index contributed by atoms with van der Waals surface area (Å²) in [4.78, 5) is 26.0. The zero-order chi connectivity index (χ0) is 19.1. The van der Waals surface area contributed by atoms with E-state index in [1.807, 2.05) is 0 Å². The van der Waals surface area contributed by atoms with Gasteiger partial charge in [-0.15, -0.1) is 0 Å². The molecule has 0 aliphatic rings. The topological polar surface area (TPSA) is 55.8 Å². The number of methoxy groups -OCH3 is 1. The summed E-state index contributed by atoms with van der Waals surface area (Å²) in [6.07, 6.45) is 0. The van der Waals surface area contributed by atoms with Crippen molar-refractivity contribution in [2.75, 3.05) is 20.3 Å². The number of ether oxygens (including phenoxy) is 2. The van der Waals surface area contributed by atoms with Crippen LogP contribution in [0.4, 0.5) is 4.39 Å². The minimum Gasteiger partial charge on any atom is -0.497 e. The van der Waals surface area contributed by atoms with Crippen LogP contribution >= 0.6 is 15.9 Å². The monoisotopic (exact) mass is 423 g/mol. The molecule has 0 atom stereocenters. The smallest absolute Gasteiger partial charge is 0.339 e. The van der Waals surface area contributed by atoms with E-state index < -0.39 is 12.6 Å². The van der Waals surface area contributed by atoms with Gasteiger partial charge in [-0.2, -0.15) is 0 Å². The Morgan fingerprint density at radius 2 is 1.96 bits per heavy atom. The lowest BCUT2D eigenvalue weighted by Gasteiger charge is -2.21. The second kappa shape index (κ2) is 9.33. The number of halogens is 2. The predicted molar refractivity (Wildman–Crippen MR) is 98.5 cm³/mol. The first-order valence-corrected chi connectivity index (χ1v) is 8.76. The van der Waals surface area contributed by atoms with Crippen molar-refractivity contribution < 1.29 is 23.5 Å². The molecule has 0 fully saturated rings. The molecular formula is C19H19BrFNO4. The van der Waals surface area contributed by atoms with E-state index in [0.29, 0.717) is 22.3 Å². The normalized spacial score (nSPS) is 10.3. The molecule has 2 aromatic carbocycles. The maximum atomic E-state index is 13.3. The van der Waals surface area contributed by atoms with Crippen LogP contribution in [0.2, 0.25) is 0 Å². The number of esters is 1. The number of carbonyl (C=O) groups excluding carboxylic acids is 2. The molecule has 5 nitrogen and oxygen atoms in total. The molecule has 0 bridgehead atoms. The fourth-order valence-electron chi connectivity index (χ4n) is 2.32. The van der Waals surface area contributed by atoms with Crippen LogP contribution in [0.3, 0.4) is 0 Å². The van der Waals surface area contributed by atoms with Gasteiger partial charge in [0.15, 0.2) is 6.61 Å². The molecule has 0 saturated heterocycles. The molecule has 0 unspecified atom stereocenters. The van der Waals surface area contributed by atoms with Crippen LogP contribution in [0.25, 0.3) is 0 Å². The lowest BCUT2D eigenvalue weighted by Crippen LogP contribution is -2.34. The summed E-state index contributed by atoms with van der Waals surface area (Å²) in [7, 11) is 1.49. The van der Waals surface area contributed by atoms with Gasteiger partial charge in [0.2, 0.25) is 0 Å². The Bertz CT molecular complexity index is 797. The largest absolute Gasteiger partial charge is 0.497 e. The van der Waals surface area contributed by atoms with Gasteiger partial charge in [0.05, 0.1) is 12.7 Å². The van der Waals surface area contributed by atoms with E-state index >= 15 is 0 Å². The number of likely N-dealkylation sites (N-methyl/N-ethyl adjacent to an activating group) is 1.